The zero-order valence-corrected chi connectivity index (χ0v) is 11.6. The van der Waals surface area contributed by atoms with Gasteiger partial charge in [-0.3, -0.25) is 19.8 Å². The molecule has 2 atom stereocenters. The van der Waals surface area contributed by atoms with Gasteiger partial charge in [0.1, 0.15) is 5.41 Å². The van der Waals surface area contributed by atoms with Gasteiger partial charge in [0.2, 0.25) is 11.8 Å². The number of amides is 4. The first-order valence-electron chi connectivity index (χ1n) is 6.70. The number of allylic oxidation sites excluding steroid dienone is 2. The quantitative estimate of drug-likeness (QED) is 0.623. The number of urea groups is 1. The highest BCUT2D eigenvalue weighted by Gasteiger charge is 2.56. The van der Waals surface area contributed by atoms with Crippen molar-refractivity contribution in [2.75, 3.05) is 7.05 Å². The first-order chi connectivity index (χ1) is 8.89. The molecule has 0 aromatic carbocycles. The van der Waals surface area contributed by atoms with Gasteiger partial charge in [0.25, 0.3) is 0 Å². The molecule has 0 aromatic heterocycles. The first kappa shape index (κ1) is 13.8. The molecule has 104 valence electrons. The normalized spacial score (nSPS) is 31.3. The summed E-state index contributed by atoms with van der Waals surface area (Å²) < 4.78 is 0. The Bertz CT molecular complexity index is 456. The molecule has 0 aromatic rings. The minimum atomic E-state index is -1.12. The van der Waals surface area contributed by atoms with E-state index in [1.54, 1.807) is 0 Å². The second kappa shape index (κ2) is 4.79. The molecular weight excluding hydrogens is 244 g/mol. The maximum Gasteiger partial charge on any atom is 0.330 e. The predicted octanol–water partition coefficient (Wildman–Crippen LogP) is 1.69. The van der Waals surface area contributed by atoms with Gasteiger partial charge in [-0.1, -0.05) is 26.0 Å². The average molecular weight is 264 g/mol. The van der Waals surface area contributed by atoms with E-state index >= 15 is 0 Å². The van der Waals surface area contributed by atoms with E-state index in [0.29, 0.717) is 6.42 Å². The number of barbiturate groups is 1. The number of hydrogen-bond donors (Lipinski definition) is 1. The van der Waals surface area contributed by atoms with Crippen LogP contribution in [0.1, 0.15) is 33.1 Å². The van der Waals surface area contributed by atoms with Crippen LogP contribution in [0.15, 0.2) is 12.2 Å². The molecule has 1 saturated heterocycles. The van der Waals surface area contributed by atoms with E-state index in [9.17, 15) is 14.4 Å². The smallest absolute Gasteiger partial charge is 0.277 e. The summed E-state index contributed by atoms with van der Waals surface area (Å²) in [6.45, 7) is 3.97. The van der Waals surface area contributed by atoms with Crippen molar-refractivity contribution in [3.05, 3.63) is 12.2 Å². The van der Waals surface area contributed by atoms with Crippen molar-refractivity contribution in [3.63, 3.8) is 0 Å². The van der Waals surface area contributed by atoms with Gasteiger partial charge in [0.05, 0.1) is 0 Å². The summed E-state index contributed by atoms with van der Waals surface area (Å²) in [5.41, 5.74) is -1.12. The fourth-order valence-corrected chi connectivity index (χ4v) is 3.13. The molecule has 0 saturated carbocycles. The molecule has 0 radical (unpaired) electrons. The highest BCUT2D eigenvalue weighted by molar-refractivity contribution is 6.19. The topological polar surface area (TPSA) is 66.5 Å². The molecule has 4 amide bonds. The molecule has 1 N–H and O–H groups in total. The molecule has 5 heteroatoms. The summed E-state index contributed by atoms with van der Waals surface area (Å²) in [6.07, 6.45) is 6.08. The second-order valence-electron chi connectivity index (χ2n) is 5.80. The van der Waals surface area contributed by atoms with Crippen LogP contribution in [-0.2, 0) is 9.59 Å². The van der Waals surface area contributed by atoms with Gasteiger partial charge < -0.3 is 0 Å². The molecule has 2 unspecified atom stereocenters. The van der Waals surface area contributed by atoms with Crippen molar-refractivity contribution in [1.82, 2.24) is 10.2 Å². The first-order valence-corrected chi connectivity index (χ1v) is 6.70. The minimum Gasteiger partial charge on any atom is -0.277 e. The lowest BCUT2D eigenvalue weighted by atomic mass is 9.67. The van der Waals surface area contributed by atoms with Crippen LogP contribution in [0.2, 0.25) is 0 Å². The Morgan fingerprint density at radius 3 is 2.63 bits per heavy atom. The second-order valence-corrected chi connectivity index (χ2v) is 5.80. The molecule has 1 fully saturated rings. The SMILES string of the molecule is CC(C)CC1(C2C=CCC2)C(=O)NC(=O)N(C)C1=O. The maximum atomic E-state index is 12.6. The Kier molecular flexibility index (Phi) is 3.47. The van der Waals surface area contributed by atoms with E-state index in [-0.39, 0.29) is 17.7 Å². The molecule has 2 rings (SSSR count). The van der Waals surface area contributed by atoms with Crippen LogP contribution in [0.5, 0.6) is 0 Å². The predicted molar refractivity (Wildman–Crippen MR) is 70.1 cm³/mol. The summed E-state index contributed by atoms with van der Waals surface area (Å²) in [6, 6.07) is -0.628. The summed E-state index contributed by atoms with van der Waals surface area (Å²) in [7, 11) is 1.43. The van der Waals surface area contributed by atoms with Crippen molar-refractivity contribution in [2.45, 2.75) is 33.1 Å². The fourth-order valence-electron chi connectivity index (χ4n) is 3.13. The van der Waals surface area contributed by atoms with Gasteiger partial charge in [0, 0.05) is 13.0 Å². The minimum absolute atomic E-state index is 0.113. The number of carbonyl (C=O) groups is 3. The van der Waals surface area contributed by atoms with Crippen molar-refractivity contribution >= 4 is 17.8 Å². The van der Waals surface area contributed by atoms with Crippen LogP contribution in [0.3, 0.4) is 0 Å². The van der Waals surface area contributed by atoms with E-state index in [1.807, 2.05) is 26.0 Å². The Morgan fingerprint density at radius 2 is 2.11 bits per heavy atom. The number of imide groups is 2. The zero-order valence-electron chi connectivity index (χ0n) is 11.6. The molecule has 1 aliphatic heterocycles. The number of hydrogen-bond acceptors (Lipinski definition) is 3. The molecule has 1 heterocycles. The van der Waals surface area contributed by atoms with Crippen LogP contribution in [0, 0.1) is 17.3 Å². The van der Waals surface area contributed by atoms with Crippen LogP contribution in [-0.4, -0.2) is 29.8 Å². The Hall–Kier alpha value is -1.65. The van der Waals surface area contributed by atoms with Crippen molar-refractivity contribution < 1.29 is 14.4 Å². The maximum absolute atomic E-state index is 12.6. The van der Waals surface area contributed by atoms with E-state index in [1.165, 1.54) is 7.05 Å². The van der Waals surface area contributed by atoms with E-state index in [4.69, 9.17) is 0 Å². The van der Waals surface area contributed by atoms with Crippen LogP contribution in [0.4, 0.5) is 4.79 Å². The molecular formula is C14H20N2O3. The number of nitrogens with zero attached hydrogens (tertiary/aromatic N) is 1. The van der Waals surface area contributed by atoms with E-state index in [0.717, 1.165) is 17.7 Å². The van der Waals surface area contributed by atoms with Gasteiger partial charge in [-0.25, -0.2) is 4.79 Å². The third-order valence-corrected chi connectivity index (χ3v) is 3.99. The molecule has 1 aliphatic carbocycles. The third-order valence-electron chi connectivity index (χ3n) is 3.99. The molecule has 0 spiro atoms. The molecule has 2 aliphatic rings. The van der Waals surface area contributed by atoms with Gasteiger partial charge in [-0.15, -0.1) is 0 Å². The highest BCUT2D eigenvalue weighted by atomic mass is 16.2. The summed E-state index contributed by atoms with van der Waals surface area (Å²) >= 11 is 0. The molecule has 0 bridgehead atoms. The summed E-state index contributed by atoms with van der Waals surface area (Å²) in [5.74, 6) is -0.722. The van der Waals surface area contributed by atoms with Crippen molar-refractivity contribution in [2.24, 2.45) is 17.3 Å². The highest BCUT2D eigenvalue weighted by Crippen LogP contribution is 2.44. The van der Waals surface area contributed by atoms with E-state index < -0.39 is 17.4 Å². The monoisotopic (exact) mass is 264 g/mol. The van der Waals surface area contributed by atoms with Gasteiger partial charge >= 0.3 is 6.03 Å². The number of carbonyl (C=O) groups excluding carboxylic acids is 3. The van der Waals surface area contributed by atoms with Crippen LogP contribution >= 0.6 is 0 Å². The standard InChI is InChI=1S/C14H20N2O3/c1-9(2)8-14(10-6-4-5-7-10)11(17)15-13(19)16(3)12(14)18/h4,6,9-10H,5,7-8H2,1-3H3,(H,15,17,19). The Morgan fingerprint density at radius 1 is 1.42 bits per heavy atom. The number of rotatable bonds is 3. The molecule has 19 heavy (non-hydrogen) atoms. The Balaban J connectivity index is 2.45. The van der Waals surface area contributed by atoms with Crippen LogP contribution < -0.4 is 5.32 Å². The fraction of sp³-hybridized carbons (Fsp3) is 0.643. The summed E-state index contributed by atoms with van der Waals surface area (Å²) in [5, 5.41) is 2.33. The lowest BCUT2D eigenvalue weighted by molar-refractivity contribution is -0.155. The largest absolute Gasteiger partial charge is 0.330 e. The van der Waals surface area contributed by atoms with Crippen LogP contribution in [0.25, 0.3) is 0 Å². The Labute approximate surface area is 113 Å². The average Bonchev–Trinajstić information content (AvgIpc) is 2.86. The van der Waals surface area contributed by atoms with Gasteiger partial charge in [-0.2, -0.15) is 0 Å². The van der Waals surface area contributed by atoms with Crippen molar-refractivity contribution in [1.29, 1.82) is 0 Å². The lowest BCUT2D eigenvalue weighted by Crippen LogP contribution is -2.65. The third kappa shape index (κ3) is 2.07. The van der Waals surface area contributed by atoms with Crippen molar-refractivity contribution in [3.8, 4) is 0 Å². The summed E-state index contributed by atoms with van der Waals surface area (Å²) in [4.78, 5) is 37.6. The lowest BCUT2D eigenvalue weighted by Gasteiger charge is -2.42. The van der Waals surface area contributed by atoms with E-state index in [2.05, 4.69) is 5.32 Å². The van der Waals surface area contributed by atoms with Gasteiger partial charge in [-0.05, 0) is 25.2 Å². The number of nitrogens with one attached hydrogen (secondary N) is 1. The molecule has 5 nitrogen and oxygen atoms in total. The zero-order chi connectivity index (χ0) is 14.2. The van der Waals surface area contributed by atoms with Gasteiger partial charge in [0.15, 0.2) is 0 Å².